The van der Waals surface area contributed by atoms with Crippen molar-refractivity contribution < 1.29 is 15.0 Å². The van der Waals surface area contributed by atoms with Crippen molar-refractivity contribution in [2.75, 3.05) is 6.54 Å². The molecule has 0 heterocycles. The number of hydrogen-bond donors (Lipinski definition) is 3. The third-order valence-corrected chi connectivity index (χ3v) is 2.79. The Morgan fingerprint density at radius 1 is 1.38 bits per heavy atom. The average molecular weight is 231 g/mol. The number of aliphatic hydroxyl groups is 1. The second kappa shape index (κ2) is 7.63. The third-order valence-electron chi connectivity index (χ3n) is 2.79. The fourth-order valence-corrected chi connectivity index (χ4v) is 1.55. The molecule has 4 nitrogen and oxygen atoms in total. The highest BCUT2D eigenvalue weighted by Gasteiger charge is 2.31. The van der Waals surface area contributed by atoms with E-state index < -0.39 is 17.6 Å². The molecule has 0 saturated carbocycles. The minimum atomic E-state index is -0.912. The number of hydrogen-bond acceptors (Lipinski definition) is 3. The van der Waals surface area contributed by atoms with Gasteiger partial charge in [0.2, 0.25) is 0 Å². The van der Waals surface area contributed by atoms with Crippen molar-refractivity contribution in [1.82, 2.24) is 5.32 Å². The summed E-state index contributed by atoms with van der Waals surface area (Å²) in [5.41, 5.74) is -0.912. The molecule has 96 valence electrons. The zero-order valence-electron chi connectivity index (χ0n) is 10.6. The Bertz CT molecular complexity index is 206. The average Bonchev–Trinajstić information content (AvgIpc) is 2.21. The van der Waals surface area contributed by atoms with Crippen molar-refractivity contribution >= 4 is 5.97 Å². The lowest BCUT2D eigenvalue weighted by Crippen LogP contribution is -2.51. The van der Waals surface area contributed by atoms with E-state index in [9.17, 15) is 4.79 Å². The van der Waals surface area contributed by atoms with Crippen molar-refractivity contribution in [3.63, 3.8) is 0 Å². The number of aliphatic carboxylic acids is 1. The van der Waals surface area contributed by atoms with Gasteiger partial charge in [-0.05, 0) is 20.3 Å². The summed E-state index contributed by atoms with van der Waals surface area (Å²) in [6.45, 7) is 5.77. The van der Waals surface area contributed by atoms with Gasteiger partial charge in [-0.2, -0.15) is 0 Å². The quantitative estimate of drug-likeness (QED) is 0.529. The van der Waals surface area contributed by atoms with Crippen LogP contribution < -0.4 is 5.32 Å². The first-order valence-electron chi connectivity index (χ1n) is 6.09. The number of carboxylic acids is 1. The van der Waals surface area contributed by atoms with E-state index in [1.165, 1.54) is 0 Å². The van der Waals surface area contributed by atoms with Gasteiger partial charge in [-0.1, -0.05) is 32.6 Å². The molecule has 0 spiro atoms. The van der Waals surface area contributed by atoms with Crippen molar-refractivity contribution in [1.29, 1.82) is 0 Å². The molecule has 0 radical (unpaired) electrons. The smallest absolute Gasteiger partial charge is 0.323 e. The molecule has 0 fully saturated rings. The van der Waals surface area contributed by atoms with Crippen molar-refractivity contribution in [3.8, 4) is 0 Å². The lowest BCUT2D eigenvalue weighted by Gasteiger charge is -2.27. The molecule has 0 aliphatic rings. The SMILES string of the molecule is CCCCCCC(C)(NCC(C)O)C(=O)O. The van der Waals surface area contributed by atoms with Crippen LogP contribution in [0.1, 0.15) is 52.9 Å². The first-order valence-corrected chi connectivity index (χ1v) is 6.09. The van der Waals surface area contributed by atoms with E-state index in [1.807, 2.05) is 0 Å². The zero-order valence-corrected chi connectivity index (χ0v) is 10.6. The Balaban J connectivity index is 4.07. The summed E-state index contributed by atoms with van der Waals surface area (Å²) in [4.78, 5) is 11.2. The van der Waals surface area contributed by atoms with Gasteiger partial charge in [-0.3, -0.25) is 10.1 Å². The molecule has 2 atom stereocenters. The number of carbonyl (C=O) groups is 1. The maximum atomic E-state index is 11.2. The molecule has 2 unspecified atom stereocenters. The number of aliphatic hydroxyl groups excluding tert-OH is 1. The second-order valence-corrected chi connectivity index (χ2v) is 4.68. The maximum absolute atomic E-state index is 11.2. The van der Waals surface area contributed by atoms with E-state index in [4.69, 9.17) is 10.2 Å². The van der Waals surface area contributed by atoms with Crippen LogP contribution in [0.4, 0.5) is 0 Å². The molecule has 0 rings (SSSR count). The third kappa shape index (κ3) is 6.08. The van der Waals surface area contributed by atoms with Crippen LogP contribution in [-0.2, 0) is 4.79 Å². The molecule has 3 N–H and O–H groups in total. The van der Waals surface area contributed by atoms with Crippen LogP contribution >= 0.6 is 0 Å². The molecule has 16 heavy (non-hydrogen) atoms. The Morgan fingerprint density at radius 2 is 2.00 bits per heavy atom. The van der Waals surface area contributed by atoms with E-state index in [2.05, 4.69) is 12.2 Å². The first-order chi connectivity index (χ1) is 7.42. The number of unbranched alkanes of at least 4 members (excludes halogenated alkanes) is 3. The van der Waals surface area contributed by atoms with Gasteiger partial charge in [-0.15, -0.1) is 0 Å². The Hall–Kier alpha value is -0.610. The molecule has 0 aromatic rings. The van der Waals surface area contributed by atoms with Crippen LogP contribution in [0.25, 0.3) is 0 Å². The van der Waals surface area contributed by atoms with E-state index in [0.29, 0.717) is 13.0 Å². The predicted octanol–water partition coefficient (Wildman–Crippen LogP) is 1.77. The van der Waals surface area contributed by atoms with Gasteiger partial charge in [0, 0.05) is 6.54 Å². The molecular weight excluding hydrogens is 206 g/mol. The lowest BCUT2D eigenvalue weighted by atomic mass is 9.94. The van der Waals surface area contributed by atoms with Gasteiger partial charge in [-0.25, -0.2) is 0 Å². The number of carboxylic acid groups (broad SMARTS) is 1. The molecule has 0 aromatic carbocycles. The molecule has 0 aromatic heterocycles. The molecule has 0 amide bonds. The molecule has 4 heteroatoms. The highest BCUT2D eigenvalue weighted by Crippen LogP contribution is 2.15. The van der Waals surface area contributed by atoms with E-state index in [-0.39, 0.29) is 0 Å². The van der Waals surface area contributed by atoms with Crippen LogP contribution in [0.15, 0.2) is 0 Å². The highest BCUT2D eigenvalue weighted by molar-refractivity contribution is 5.78. The van der Waals surface area contributed by atoms with Crippen LogP contribution in [0.3, 0.4) is 0 Å². The Labute approximate surface area is 98.1 Å². The van der Waals surface area contributed by atoms with Gasteiger partial charge in [0.1, 0.15) is 5.54 Å². The fourth-order valence-electron chi connectivity index (χ4n) is 1.55. The first kappa shape index (κ1) is 15.4. The predicted molar refractivity (Wildman–Crippen MR) is 64.5 cm³/mol. The molecule has 0 aliphatic carbocycles. The van der Waals surface area contributed by atoms with Crippen LogP contribution in [0.2, 0.25) is 0 Å². The zero-order chi connectivity index (χ0) is 12.6. The second-order valence-electron chi connectivity index (χ2n) is 4.68. The minimum Gasteiger partial charge on any atom is -0.480 e. The summed E-state index contributed by atoms with van der Waals surface area (Å²) in [7, 11) is 0. The minimum absolute atomic E-state index is 0.316. The summed E-state index contributed by atoms with van der Waals surface area (Å²) in [5.74, 6) is -0.843. The van der Waals surface area contributed by atoms with Crippen LogP contribution in [0, 0.1) is 0 Å². The summed E-state index contributed by atoms with van der Waals surface area (Å²) < 4.78 is 0. The monoisotopic (exact) mass is 231 g/mol. The summed E-state index contributed by atoms with van der Waals surface area (Å²) in [6.07, 6.45) is 4.35. The topological polar surface area (TPSA) is 69.6 Å². The van der Waals surface area contributed by atoms with E-state index >= 15 is 0 Å². The van der Waals surface area contributed by atoms with Crippen LogP contribution in [0.5, 0.6) is 0 Å². The number of rotatable bonds is 9. The normalized spacial score (nSPS) is 16.8. The van der Waals surface area contributed by atoms with Gasteiger partial charge in [0.05, 0.1) is 6.10 Å². The molecule has 0 saturated heterocycles. The van der Waals surface area contributed by atoms with Crippen molar-refractivity contribution in [2.24, 2.45) is 0 Å². The fraction of sp³-hybridized carbons (Fsp3) is 0.917. The van der Waals surface area contributed by atoms with Crippen molar-refractivity contribution in [2.45, 2.75) is 64.5 Å². The van der Waals surface area contributed by atoms with E-state index in [0.717, 1.165) is 25.7 Å². The largest absolute Gasteiger partial charge is 0.480 e. The summed E-state index contributed by atoms with van der Waals surface area (Å²) in [5, 5.41) is 21.2. The number of β-amino-alcohol motifs (C(OH)–C–C–N with tert-alkyl or cyclic N) is 1. The van der Waals surface area contributed by atoms with Gasteiger partial charge >= 0.3 is 5.97 Å². The van der Waals surface area contributed by atoms with Gasteiger partial charge in [0.25, 0.3) is 0 Å². The van der Waals surface area contributed by atoms with Crippen molar-refractivity contribution in [3.05, 3.63) is 0 Å². The molecular formula is C12H25NO3. The molecule has 0 aliphatic heterocycles. The van der Waals surface area contributed by atoms with E-state index in [1.54, 1.807) is 13.8 Å². The summed E-state index contributed by atoms with van der Waals surface area (Å²) >= 11 is 0. The maximum Gasteiger partial charge on any atom is 0.323 e. The standard InChI is InChI=1S/C12H25NO3/c1-4-5-6-7-8-12(3,11(15)16)13-9-10(2)14/h10,13-14H,4-9H2,1-3H3,(H,15,16). The number of nitrogens with one attached hydrogen (secondary N) is 1. The van der Waals surface area contributed by atoms with Gasteiger partial charge < -0.3 is 10.2 Å². The summed E-state index contributed by atoms with van der Waals surface area (Å²) in [6, 6.07) is 0. The molecule has 0 bridgehead atoms. The Morgan fingerprint density at radius 3 is 2.44 bits per heavy atom. The Kier molecular flexibility index (Phi) is 7.34. The van der Waals surface area contributed by atoms with Crippen LogP contribution in [-0.4, -0.2) is 34.4 Å². The highest BCUT2D eigenvalue weighted by atomic mass is 16.4. The van der Waals surface area contributed by atoms with Gasteiger partial charge in [0.15, 0.2) is 0 Å². The lowest BCUT2D eigenvalue weighted by molar-refractivity contribution is -0.144.